The highest BCUT2D eigenvalue weighted by atomic mass is 32.1. The van der Waals surface area contributed by atoms with Crippen LogP contribution in [-0.2, 0) is 17.6 Å². The summed E-state index contributed by atoms with van der Waals surface area (Å²) < 4.78 is 0. The van der Waals surface area contributed by atoms with Crippen molar-refractivity contribution in [3.8, 4) is 0 Å². The van der Waals surface area contributed by atoms with Crippen LogP contribution in [0.5, 0.6) is 0 Å². The maximum atomic E-state index is 12.6. The lowest BCUT2D eigenvalue weighted by Crippen LogP contribution is -2.37. The smallest absolute Gasteiger partial charge is 0.263 e. The Morgan fingerprint density at radius 3 is 2.62 bits per heavy atom. The van der Waals surface area contributed by atoms with E-state index in [0.29, 0.717) is 5.92 Å². The molecule has 3 aliphatic rings. The fourth-order valence-corrected chi connectivity index (χ4v) is 5.89. The van der Waals surface area contributed by atoms with E-state index in [-0.39, 0.29) is 17.7 Å². The van der Waals surface area contributed by atoms with Crippen molar-refractivity contribution in [1.29, 1.82) is 0 Å². The SMILES string of the molecule is O=C(NCC1CCCCC1)[C@@H]1CCc2sc(C(=O)N3CCCC3)cc2C1. The Morgan fingerprint density at radius 2 is 1.85 bits per heavy atom. The van der Waals surface area contributed by atoms with Gasteiger partial charge >= 0.3 is 0 Å². The Hall–Kier alpha value is -1.36. The molecule has 1 saturated heterocycles. The van der Waals surface area contributed by atoms with Crippen LogP contribution in [0.15, 0.2) is 6.07 Å². The first kappa shape index (κ1) is 18.0. The molecule has 4 rings (SSSR count). The van der Waals surface area contributed by atoms with Crippen LogP contribution < -0.4 is 5.32 Å². The third-order valence-corrected chi connectivity index (χ3v) is 7.57. The monoisotopic (exact) mass is 374 g/mol. The second-order valence-electron chi connectivity index (χ2n) is 8.25. The lowest BCUT2D eigenvalue weighted by molar-refractivity contribution is -0.125. The van der Waals surface area contributed by atoms with Crippen LogP contribution >= 0.6 is 11.3 Å². The molecule has 2 amide bonds. The molecular weight excluding hydrogens is 344 g/mol. The molecule has 1 N–H and O–H groups in total. The van der Waals surface area contributed by atoms with E-state index in [0.717, 1.165) is 56.6 Å². The summed E-state index contributed by atoms with van der Waals surface area (Å²) in [5.74, 6) is 1.17. The quantitative estimate of drug-likeness (QED) is 0.872. The fourth-order valence-electron chi connectivity index (χ4n) is 4.71. The summed E-state index contributed by atoms with van der Waals surface area (Å²) in [5.41, 5.74) is 1.24. The molecule has 0 bridgehead atoms. The number of nitrogens with one attached hydrogen (secondary N) is 1. The number of amides is 2. The van der Waals surface area contributed by atoms with E-state index in [1.165, 1.54) is 42.5 Å². The Labute approximate surface area is 160 Å². The molecule has 0 aromatic carbocycles. The van der Waals surface area contributed by atoms with E-state index in [1.54, 1.807) is 11.3 Å². The summed E-state index contributed by atoms with van der Waals surface area (Å²) in [6.45, 7) is 2.64. The van der Waals surface area contributed by atoms with E-state index in [4.69, 9.17) is 0 Å². The summed E-state index contributed by atoms with van der Waals surface area (Å²) in [5, 5.41) is 3.22. The third kappa shape index (κ3) is 3.98. The number of carbonyl (C=O) groups excluding carboxylic acids is 2. The van der Waals surface area contributed by atoms with Crippen LogP contribution in [0.25, 0.3) is 0 Å². The molecule has 1 aromatic heterocycles. The van der Waals surface area contributed by atoms with Gasteiger partial charge in [0.25, 0.3) is 5.91 Å². The molecule has 1 aliphatic heterocycles. The van der Waals surface area contributed by atoms with Gasteiger partial charge in [-0.3, -0.25) is 9.59 Å². The highest BCUT2D eigenvalue weighted by Crippen LogP contribution is 2.33. The van der Waals surface area contributed by atoms with Gasteiger partial charge in [0.1, 0.15) is 0 Å². The minimum atomic E-state index is 0.0791. The number of nitrogens with zero attached hydrogens (tertiary/aromatic N) is 1. The van der Waals surface area contributed by atoms with Gasteiger partial charge in [0, 0.05) is 30.4 Å². The maximum Gasteiger partial charge on any atom is 0.263 e. The number of carbonyl (C=O) groups is 2. The predicted molar refractivity (Wildman–Crippen MR) is 105 cm³/mol. The summed E-state index contributed by atoms with van der Waals surface area (Å²) in [6.07, 6.45) is 11.4. The maximum absolute atomic E-state index is 12.6. The van der Waals surface area contributed by atoms with Crippen LogP contribution in [0.1, 0.15) is 71.5 Å². The molecular formula is C21H30N2O2S. The first-order valence-electron chi connectivity index (χ1n) is 10.4. The van der Waals surface area contributed by atoms with Gasteiger partial charge in [0.05, 0.1) is 4.88 Å². The van der Waals surface area contributed by atoms with Crippen molar-refractivity contribution in [2.24, 2.45) is 11.8 Å². The van der Waals surface area contributed by atoms with Gasteiger partial charge in [-0.15, -0.1) is 11.3 Å². The van der Waals surface area contributed by atoms with E-state index in [1.807, 2.05) is 4.90 Å². The second-order valence-corrected chi connectivity index (χ2v) is 9.38. The van der Waals surface area contributed by atoms with Crippen molar-refractivity contribution in [3.05, 3.63) is 21.4 Å². The van der Waals surface area contributed by atoms with E-state index in [9.17, 15) is 9.59 Å². The minimum absolute atomic E-state index is 0.0791. The Balaban J connectivity index is 1.33. The lowest BCUT2D eigenvalue weighted by atomic mass is 9.86. The topological polar surface area (TPSA) is 49.4 Å². The highest BCUT2D eigenvalue weighted by Gasteiger charge is 2.29. The normalized spacial score (nSPS) is 23.7. The van der Waals surface area contributed by atoms with Crippen LogP contribution in [0, 0.1) is 11.8 Å². The number of likely N-dealkylation sites (tertiary alicyclic amines) is 1. The molecule has 1 saturated carbocycles. The summed E-state index contributed by atoms with van der Waals surface area (Å²) in [6, 6.07) is 2.07. The van der Waals surface area contributed by atoms with Gasteiger partial charge < -0.3 is 10.2 Å². The largest absolute Gasteiger partial charge is 0.356 e. The molecule has 4 nitrogen and oxygen atoms in total. The first-order valence-corrected chi connectivity index (χ1v) is 11.2. The molecule has 142 valence electrons. The van der Waals surface area contributed by atoms with Gasteiger partial charge in [0.15, 0.2) is 0 Å². The van der Waals surface area contributed by atoms with Gasteiger partial charge in [-0.1, -0.05) is 19.3 Å². The molecule has 0 spiro atoms. The standard InChI is InChI=1S/C21H30N2O2S/c24-20(22-14-15-6-2-1-3-7-15)16-8-9-18-17(12-16)13-19(26-18)21(25)23-10-4-5-11-23/h13,15-16H,1-12,14H2,(H,22,24)/t16-/m1/s1. The van der Waals surface area contributed by atoms with E-state index < -0.39 is 0 Å². The van der Waals surface area contributed by atoms with Gasteiger partial charge in [-0.05, 0) is 62.5 Å². The summed E-state index contributed by atoms with van der Waals surface area (Å²) >= 11 is 1.66. The fraction of sp³-hybridized carbons (Fsp3) is 0.714. The highest BCUT2D eigenvalue weighted by molar-refractivity contribution is 7.14. The Bertz CT molecular complexity index is 657. The zero-order valence-corrected chi connectivity index (χ0v) is 16.4. The lowest BCUT2D eigenvalue weighted by Gasteiger charge is -2.25. The van der Waals surface area contributed by atoms with Crippen LogP contribution in [0.4, 0.5) is 0 Å². The number of rotatable bonds is 4. The van der Waals surface area contributed by atoms with E-state index >= 15 is 0 Å². The average molecular weight is 375 g/mol. The van der Waals surface area contributed by atoms with Crippen LogP contribution in [0.2, 0.25) is 0 Å². The molecule has 2 heterocycles. The molecule has 26 heavy (non-hydrogen) atoms. The third-order valence-electron chi connectivity index (χ3n) is 6.35. The Morgan fingerprint density at radius 1 is 1.08 bits per heavy atom. The summed E-state index contributed by atoms with van der Waals surface area (Å²) in [7, 11) is 0. The molecule has 5 heteroatoms. The average Bonchev–Trinajstić information content (AvgIpc) is 3.35. The molecule has 0 unspecified atom stereocenters. The van der Waals surface area contributed by atoms with Gasteiger partial charge in [-0.2, -0.15) is 0 Å². The molecule has 0 radical (unpaired) electrons. The molecule has 2 aliphatic carbocycles. The van der Waals surface area contributed by atoms with Gasteiger partial charge in [-0.25, -0.2) is 0 Å². The zero-order valence-electron chi connectivity index (χ0n) is 15.6. The molecule has 1 atom stereocenters. The molecule has 1 aromatic rings. The summed E-state index contributed by atoms with van der Waals surface area (Å²) in [4.78, 5) is 29.4. The predicted octanol–water partition coefficient (Wildman–Crippen LogP) is 3.79. The van der Waals surface area contributed by atoms with Crippen molar-refractivity contribution >= 4 is 23.2 Å². The number of aryl methyl sites for hydroxylation is 1. The zero-order chi connectivity index (χ0) is 17.9. The molecule has 2 fully saturated rings. The van der Waals surface area contributed by atoms with Crippen molar-refractivity contribution in [2.75, 3.05) is 19.6 Å². The van der Waals surface area contributed by atoms with Crippen molar-refractivity contribution in [2.45, 2.75) is 64.2 Å². The number of hydrogen-bond donors (Lipinski definition) is 1. The van der Waals surface area contributed by atoms with Crippen molar-refractivity contribution < 1.29 is 9.59 Å². The minimum Gasteiger partial charge on any atom is -0.356 e. The number of thiophene rings is 1. The van der Waals surface area contributed by atoms with E-state index in [2.05, 4.69) is 11.4 Å². The first-order chi connectivity index (χ1) is 12.7. The van der Waals surface area contributed by atoms with Crippen LogP contribution in [-0.4, -0.2) is 36.3 Å². The number of fused-ring (bicyclic) bond motifs is 1. The second kappa shape index (κ2) is 8.12. The van der Waals surface area contributed by atoms with Crippen molar-refractivity contribution in [3.63, 3.8) is 0 Å². The van der Waals surface area contributed by atoms with Crippen LogP contribution in [0.3, 0.4) is 0 Å². The van der Waals surface area contributed by atoms with Gasteiger partial charge in [0.2, 0.25) is 5.91 Å². The number of hydrogen-bond acceptors (Lipinski definition) is 3. The van der Waals surface area contributed by atoms with Crippen molar-refractivity contribution in [1.82, 2.24) is 10.2 Å². The Kier molecular flexibility index (Phi) is 5.63.